The van der Waals surface area contributed by atoms with Crippen molar-refractivity contribution in [1.82, 2.24) is 74.4 Å². The number of hydrogen-bond acceptors (Lipinski definition) is 23. The Hall–Kier alpha value is -11.7. The average Bonchev–Trinajstić information content (AvgIpc) is 0.747. The molecule has 4 aromatic carbocycles. The maximum absolute atomic E-state index is 17.0. The van der Waals surface area contributed by atoms with Crippen molar-refractivity contribution in [2.45, 2.75) is 388 Å². The maximum atomic E-state index is 17.0. The number of carbonyl (C=O) groups excluding carboxylic acids is 15. The van der Waals surface area contributed by atoms with Crippen LogP contribution in [0.25, 0.3) is 0 Å². The first-order valence-electron chi connectivity index (χ1n) is 51.3. The van der Waals surface area contributed by atoms with E-state index < -0.39 is 271 Å². The van der Waals surface area contributed by atoms with Gasteiger partial charge in [-0.15, -0.1) is 4.99 Å². The molecule has 0 aliphatic carbocycles. The SMILES string of the molecule is CC[C@H](C)[C@@H]1NC(=O)[C@@H](CCCN/C(=N\C(=O)OC(C)(C)C)NC(=O)OC(C)(C)C)NC(=O)[C@H](CC(C)C)NC(=O)[C@H]([C@H](O[Si](C)(C)C(C)(C)C)C(C)C)NC(=O)[C@@H](NC(=O)[C@H](CC(C)C)NC(=O)[C@@H](CC(C)C)NC(=O)OC(C)(C)C)[C@@H](c2ccccc2)OC(=O)[C@H](COC(C)(C)C)NC(=O)[C@H]([C@H](O)C(=O)NC(c2ccccc2)(c2ccccc2)c2ccccc2)NC(=O)CNC(=O)[C@H]([C@H](C)O[Si](C)(C)C(C)(C)C)NC1=O. The van der Waals surface area contributed by atoms with Crippen molar-refractivity contribution < 1.29 is 110 Å². The van der Waals surface area contributed by atoms with Crippen molar-refractivity contribution in [2.75, 3.05) is 19.7 Å². The topological polar surface area (TPSA) is 522 Å². The summed E-state index contributed by atoms with van der Waals surface area (Å²) in [6.07, 6.45) is -11.2. The maximum Gasteiger partial charge on any atom is 0.437 e. The van der Waals surface area contributed by atoms with Crippen molar-refractivity contribution in [3.05, 3.63) is 144 Å². The van der Waals surface area contributed by atoms with Crippen LogP contribution < -0.4 is 74.4 Å². The van der Waals surface area contributed by atoms with Crippen molar-refractivity contribution in [1.29, 1.82) is 0 Å². The van der Waals surface area contributed by atoms with E-state index in [9.17, 15) is 19.5 Å². The molecule has 0 unspecified atom stereocenters. The van der Waals surface area contributed by atoms with Gasteiger partial charge in [-0.3, -0.25) is 58.1 Å². The first-order chi connectivity index (χ1) is 68.3. The Morgan fingerprint density at radius 2 is 0.919 bits per heavy atom. The van der Waals surface area contributed by atoms with E-state index in [4.69, 9.17) is 32.5 Å². The second-order valence-corrected chi connectivity index (χ2v) is 56.2. The highest BCUT2D eigenvalue weighted by Crippen LogP contribution is 2.42. The number of guanidine groups is 1. The van der Waals surface area contributed by atoms with Crippen molar-refractivity contribution in [3.63, 3.8) is 0 Å². The zero-order valence-corrected chi connectivity index (χ0v) is 95.3. The van der Waals surface area contributed by atoms with Crippen LogP contribution in [0.4, 0.5) is 14.4 Å². The van der Waals surface area contributed by atoms with E-state index in [0.717, 1.165) is 0 Å². The van der Waals surface area contributed by atoms with Crippen LogP contribution in [0.15, 0.2) is 126 Å². The van der Waals surface area contributed by atoms with Gasteiger partial charge in [0.25, 0.3) is 5.91 Å². The number of rotatable bonds is 33. The van der Waals surface area contributed by atoms with Gasteiger partial charge in [-0.2, -0.15) is 0 Å². The van der Waals surface area contributed by atoms with Crippen molar-refractivity contribution in [3.8, 4) is 0 Å². The van der Waals surface area contributed by atoms with Crippen molar-refractivity contribution in [2.24, 2.45) is 34.6 Å². The average molecular weight is 2100 g/mol. The van der Waals surface area contributed by atoms with E-state index in [1.807, 2.05) is 67.7 Å². The van der Waals surface area contributed by atoms with Crippen LogP contribution in [0.5, 0.6) is 0 Å². The number of nitrogens with one attached hydrogen (secondary N) is 14. The van der Waals surface area contributed by atoms with Crippen LogP contribution in [-0.2, 0) is 95.6 Å². The summed E-state index contributed by atoms with van der Waals surface area (Å²) < 4.78 is 43.7. The quantitative estimate of drug-likeness (QED) is 0.00401. The molecule has 0 radical (unpaired) electrons. The number of hydrogen-bond donors (Lipinski definition) is 15. The molecule has 4 aromatic rings. The smallest absolute Gasteiger partial charge is 0.437 e. The van der Waals surface area contributed by atoms with Crippen LogP contribution in [0, 0.1) is 29.6 Å². The molecule has 1 fully saturated rings. The molecule has 824 valence electrons. The third kappa shape index (κ3) is 40.6. The minimum Gasteiger partial charge on any atom is -0.453 e. The third-order valence-electron chi connectivity index (χ3n) is 25.2. The molecule has 0 bridgehead atoms. The number of aliphatic hydroxyl groups excluding tert-OH is 1. The summed E-state index contributed by atoms with van der Waals surface area (Å²) in [7, 11) is -6.18. The molecular weight excluding hydrogens is 1930 g/mol. The lowest BCUT2D eigenvalue weighted by molar-refractivity contribution is -0.161. The lowest BCUT2D eigenvalue weighted by Gasteiger charge is -2.43. The molecule has 38 nitrogen and oxygen atoms in total. The molecule has 0 saturated carbocycles. The fourth-order valence-electron chi connectivity index (χ4n) is 15.4. The Morgan fingerprint density at radius 1 is 0.473 bits per heavy atom. The number of cyclic esters (lactones) is 1. The number of alkyl carbamates (subject to hydrolysis) is 2. The Kier molecular flexibility index (Phi) is 47.2. The Labute approximate surface area is 877 Å². The summed E-state index contributed by atoms with van der Waals surface area (Å²) in [4.78, 5) is 236. The first kappa shape index (κ1) is 127. The number of benzene rings is 4. The third-order valence-corrected chi connectivity index (χ3v) is 34.3. The zero-order valence-electron chi connectivity index (χ0n) is 93.3. The van der Waals surface area contributed by atoms with Crippen LogP contribution in [-0.4, -0.2) is 238 Å². The molecule has 1 saturated heterocycles. The molecule has 15 atom stereocenters. The van der Waals surface area contributed by atoms with Gasteiger partial charge in [0.2, 0.25) is 65.0 Å². The van der Waals surface area contributed by atoms with Gasteiger partial charge >= 0.3 is 24.2 Å². The first-order valence-corrected chi connectivity index (χ1v) is 57.1. The van der Waals surface area contributed by atoms with Crippen LogP contribution in [0.3, 0.4) is 0 Å². The Morgan fingerprint density at radius 3 is 1.39 bits per heavy atom. The summed E-state index contributed by atoms with van der Waals surface area (Å²) in [6.45, 7) is 55.4. The summed E-state index contributed by atoms with van der Waals surface area (Å²) in [5.41, 5.74) is -4.73. The van der Waals surface area contributed by atoms with E-state index in [1.54, 1.807) is 249 Å². The van der Waals surface area contributed by atoms with Crippen molar-refractivity contribution >= 4 is 112 Å². The molecule has 1 aliphatic rings. The molecule has 1 aliphatic heterocycles. The molecular formula is C108H171N15O23Si2. The number of aliphatic hydroxyl groups is 1. The lowest BCUT2D eigenvalue weighted by Crippen LogP contribution is -2.65. The summed E-state index contributed by atoms with van der Waals surface area (Å²) in [5.74, 6) is -17.0. The molecule has 0 spiro atoms. The highest BCUT2D eigenvalue weighted by atomic mass is 28.4. The van der Waals surface area contributed by atoms with Gasteiger partial charge in [0.1, 0.15) is 76.7 Å². The fraction of sp³-hybridized carbons (Fsp3) is 0.630. The summed E-state index contributed by atoms with van der Waals surface area (Å²) >= 11 is 0. The molecule has 148 heavy (non-hydrogen) atoms. The largest absolute Gasteiger partial charge is 0.453 e. The summed E-state index contributed by atoms with van der Waals surface area (Å²) in [6, 6.07) is 15.0. The standard InChI is InChI=1S/C108H171N15O23Si2/c1-34-67(10)79-92(131)118-80(68(11)145-147(30,31)106(24,25)26)91(130)110-61-78(124)116-81(84(125)96(135)123-108(70-50-41-36-42-51-70,71-52-43-37-44-53-71)72-54-45-38-46-55-72)93(132)114-77(62-140-102(12,13)14)97(136)141-86(69-48-39-35-40-49-69)83(119-90(129)75(59-64(4)5)112-89(128)76(60-65(6)7)115-99(137)142-103(15,16)17)95(134)120-82(85(66(8)9)146-148(32,33)107(27,28)29)94(133)113-74(58-63(2)3)88(127)111-73(87(126)117-79)56-47-57-109-98(121-100(138)143-104(18,19)20)122-101(139)144-105(21,22)23/h35-46,48-55,63-68,73-77,79-86,125H,34,47,56-62H2,1-33H3,(H,110,130)(H,111,127)(H,112,128)(H,113,133)(H,114,132)(H,115,137)(H,116,124)(H,117,126)(H,118,131)(H,119,129)(H,120,134)(H,123,135)(H2,109,121,122,138,139)/t67-,68-,73+,74-,75-,76+,77-,79-,80-,81-,82-,83-,84-,85+,86+/m0/s1. The number of nitrogens with zero attached hydrogens (tertiary/aromatic N) is 1. The van der Waals surface area contributed by atoms with Gasteiger partial charge in [0, 0.05) is 6.54 Å². The molecule has 0 aromatic heterocycles. The molecule has 40 heteroatoms. The fourth-order valence-corrected chi connectivity index (χ4v) is 18.3. The minimum absolute atomic E-state index is 0.0238. The zero-order chi connectivity index (χ0) is 112. The van der Waals surface area contributed by atoms with Gasteiger partial charge in [-0.1, -0.05) is 239 Å². The van der Waals surface area contributed by atoms with E-state index in [1.165, 1.54) is 31.2 Å². The van der Waals surface area contributed by atoms with Crippen LogP contribution >= 0.6 is 0 Å². The van der Waals surface area contributed by atoms with E-state index in [2.05, 4.69) is 79.4 Å². The summed E-state index contributed by atoms with van der Waals surface area (Å²) in [5, 5.41) is 50.5. The second kappa shape index (κ2) is 55.2. The molecule has 14 amide bonds. The predicted molar refractivity (Wildman–Crippen MR) is 571 cm³/mol. The normalized spacial score (nSPS) is 20.6. The minimum atomic E-state index is -3.20. The lowest BCUT2D eigenvalue weighted by atomic mass is 9.76. The van der Waals surface area contributed by atoms with Crippen LogP contribution in [0.2, 0.25) is 36.3 Å². The predicted octanol–water partition coefficient (Wildman–Crippen LogP) is 11.8. The van der Waals surface area contributed by atoms with Gasteiger partial charge in [0.15, 0.2) is 34.9 Å². The highest BCUT2D eigenvalue weighted by molar-refractivity contribution is 6.74. The van der Waals surface area contributed by atoms with E-state index in [0.29, 0.717) is 16.7 Å². The van der Waals surface area contributed by atoms with Gasteiger partial charge < -0.3 is 107 Å². The number of carbonyl (C=O) groups is 15. The van der Waals surface area contributed by atoms with E-state index in [-0.39, 0.29) is 56.6 Å². The molecule has 1 heterocycles. The van der Waals surface area contributed by atoms with Gasteiger partial charge in [-0.05, 0) is 210 Å². The van der Waals surface area contributed by atoms with Gasteiger partial charge in [-0.25, -0.2) is 19.2 Å². The molecule has 5 rings (SSSR count). The Balaban J connectivity index is 2.01. The van der Waals surface area contributed by atoms with Gasteiger partial charge in [0.05, 0.1) is 31.0 Å². The number of aliphatic imine (C=N–C) groups is 1. The number of amides is 14. The van der Waals surface area contributed by atoms with E-state index >= 15 is 57.5 Å². The number of esters is 1. The second-order valence-electron chi connectivity index (χ2n) is 46.7. The Bertz CT molecular complexity index is 5030. The highest BCUT2D eigenvalue weighted by Gasteiger charge is 2.51. The monoisotopic (exact) mass is 2100 g/mol. The van der Waals surface area contributed by atoms with Crippen LogP contribution in [0.1, 0.15) is 268 Å². The molecule has 15 N–H and O–H groups in total. The number of ether oxygens (including phenoxy) is 5.